The Bertz CT molecular complexity index is 1030. The Kier molecular flexibility index (Phi) is 9.06. The van der Waals surface area contributed by atoms with Gasteiger partial charge in [-0.25, -0.2) is 4.79 Å². The molecular weight excluding hydrogens is 483 g/mol. The van der Waals surface area contributed by atoms with Gasteiger partial charge in [-0.15, -0.1) is 0 Å². The number of para-hydroxylation sites is 1. The number of amides is 2. The van der Waals surface area contributed by atoms with E-state index in [9.17, 15) is 14.4 Å². The number of thioether (sulfide) groups is 1. The smallest absolute Gasteiger partial charge is 0.329 e. The predicted octanol–water partition coefficient (Wildman–Crippen LogP) is 4.76. The van der Waals surface area contributed by atoms with Crippen molar-refractivity contribution in [2.75, 3.05) is 23.5 Å². The lowest BCUT2D eigenvalue weighted by molar-refractivity contribution is -0.155. The molecule has 176 valence electrons. The van der Waals surface area contributed by atoms with Gasteiger partial charge in [0.1, 0.15) is 6.04 Å². The van der Waals surface area contributed by atoms with E-state index in [1.807, 2.05) is 30.5 Å². The molecule has 9 heteroatoms. The highest BCUT2D eigenvalue weighted by molar-refractivity contribution is 7.98. The average Bonchev–Trinajstić information content (AvgIpc) is 2.80. The zero-order valence-electron chi connectivity index (χ0n) is 18.5. The zero-order chi connectivity index (χ0) is 24.0. The summed E-state index contributed by atoms with van der Waals surface area (Å²) in [6.07, 6.45) is 3.02. The summed E-state index contributed by atoms with van der Waals surface area (Å²) < 4.78 is 5.52. The number of ether oxygens (including phenoxy) is 1. The third kappa shape index (κ3) is 6.43. The number of aryl methyl sites for hydroxylation is 1. The van der Waals surface area contributed by atoms with Gasteiger partial charge in [-0.05, 0) is 68.0 Å². The topological polar surface area (TPSA) is 75.7 Å². The number of nitrogens with zero attached hydrogens (tertiary/aromatic N) is 1. The highest BCUT2D eigenvalue weighted by Crippen LogP contribution is 2.27. The predicted molar refractivity (Wildman–Crippen MR) is 133 cm³/mol. The molecule has 0 saturated heterocycles. The number of hydrogen-bond donors (Lipinski definition) is 1. The monoisotopic (exact) mass is 508 g/mol. The number of halogens is 2. The molecule has 3 rings (SSSR count). The molecule has 2 amide bonds. The summed E-state index contributed by atoms with van der Waals surface area (Å²) in [4.78, 5) is 40.4. The van der Waals surface area contributed by atoms with Crippen molar-refractivity contribution < 1.29 is 19.1 Å². The zero-order valence-corrected chi connectivity index (χ0v) is 20.8. The van der Waals surface area contributed by atoms with Gasteiger partial charge in [0.15, 0.2) is 6.10 Å². The third-order valence-electron chi connectivity index (χ3n) is 5.39. The standard InChI is InChI=1S/C24H26Cl2N2O4S/c1-15(23(30)28-12-5-7-16-6-3-4-8-21(16)28)32-24(31)20(11-13-33-2)27-22(29)18-10-9-17(25)14-19(18)26/h3-4,6,8-10,14-15,20H,5,7,11-13H2,1-2H3,(H,27,29)/t15-,20+/m1/s1. The number of anilines is 1. The average molecular weight is 509 g/mol. The molecule has 1 N–H and O–H groups in total. The molecule has 0 saturated carbocycles. The van der Waals surface area contributed by atoms with Crippen LogP contribution in [0.3, 0.4) is 0 Å². The molecule has 2 aromatic carbocycles. The van der Waals surface area contributed by atoms with E-state index in [4.69, 9.17) is 27.9 Å². The Hall–Kier alpha value is -2.22. The first-order chi connectivity index (χ1) is 15.8. The van der Waals surface area contributed by atoms with E-state index in [0.717, 1.165) is 24.1 Å². The molecule has 2 aromatic rings. The van der Waals surface area contributed by atoms with Crippen LogP contribution in [-0.2, 0) is 20.7 Å². The first kappa shape index (κ1) is 25.4. The Morgan fingerprint density at radius 1 is 1.18 bits per heavy atom. The van der Waals surface area contributed by atoms with Gasteiger partial charge in [0.2, 0.25) is 0 Å². The molecule has 0 aliphatic carbocycles. The second kappa shape index (κ2) is 11.8. The summed E-state index contributed by atoms with van der Waals surface area (Å²) in [5.74, 6) is -0.834. The summed E-state index contributed by atoms with van der Waals surface area (Å²) in [7, 11) is 0. The van der Waals surface area contributed by atoms with Crippen LogP contribution in [0.15, 0.2) is 42.5 Å². The van der Waals surface area contributed by atoms with Gasteiger partial charge in [-0.3, -0.25) is 9.59 Å². The van der Waals surface area contributed by atoms with E-state index in [1.54, 1.807) is 17.9 Å². The van der Waals surface area contributed by atoms with Crippen molar-refractivity contribution in [1.29, 1.82) is 0 Å². The lowest BCUT2D eigenvalue weighted by Crippen LogP contribution is -2.47. The van der Waals surface area contributed by atoms with E-state index in [0.29, 0.717) is 23.7 Å². The van der Waals surface area contributed by atoms with Gasteiger partial charge in [0, 0.05) is 17.3 Å². The maximum atomic E-state index is 13.1. The third-order valence-corrected chi connectivity index (χ3v) is 6.58. The minimum Gasteiger partial charge on any atom is -0.451 e. The van der Waals surface area contributed by atoms with Gasteiger partial charge in [-0.2, -0.15) is 11.8 Å². The Labute approximate surface area is 207 Å². The summed E-state index contributed by atoms with van der Waals surface area (Å²) in [6.45, 7) is 2.13. The minimum atomic E-state index is -0.989. The van der Waals surface area contributed by atoms with Crippen molar-refractivity contribution in [3.63, 3.8) is 0 Å². The Morgan fingerprint density at radius 2 is 1.94 bits per heavy atom. The largest absolute Gasteiger partial charge is 0.451 e. The summed E-state index contributed by atoms with van der Waals surface area (Å²) in [6, 6.07) is 11.3. The van der Waals surface area contributed by atoms with Crippen LogP contribution in [0.5, 0.6) is 0 Å². The summed E-state index contributed by atoms with van der Waals surface area (Å²) in [5.41, 5.74) is 2.15. The molecule has 0 spiro atoms. The van der Waals surface area contributed by atoms with E-state index in [-0.39, 0.29) is 16.5 Å². The van der Waals surface area contributed by atoms with Crippen LogP contribution >= 0.6 is 35.0 Å². The van der Waals surface area contributed by atoms with Crippen molar-refractivity contribution in [2.24, 2.45) is 0 Å². The molecule has 0 radical (unpaired) electrons. The number of rotatable bonds is 8. The highest BCUT2D eigenvalue weighted by atomic mass is 35.5. The number of esters is 1. The lowest BCUT2D eigenvalue weighted by atomic mass is 10.0. The number of carbonyl (C=O) groups is 3. The van der Waals surface area contributed by atoms with Crippen LogP contribution in [0.4, 0.5) is 5.69 Å². The van der Waals surface area contributed by atoms with Crippen LogP contribution in [0.25, 0.3) is 0 Å². The van der Waals surface area contributed by atoms with E-state index < -0.39 is 24.0 Å². The van der Waals surface area contributed by atoms with Gasteiger partial charge in [-0.1, -0.05) is 41.4 Å². The molecule has 0 bridgehead atoms. The minimum absolute atomic E-state index is 0.185. The second-order valence-electron chi connectivity index (χ2n) is 7.73. The Balaban J connectivity index is 1.69. The molecule has 1 aliphatic heterocycles. The SMILES string of the molecule is CSCC[C@H](NC(=O)c1ccc(Cl)cc1Cl)C(=O)O[C@H](C)C(=O)N1CCCc2ccccc21. The van der Waals surface area contributed by atoms with Crippen LogP contribution in [0.1, 0.15) is 35.7 Å². The maximum absolute atomic E-state index is 13.1. The fourth-order valence-corrected chi connectivity index (χ4v) is 4.65. The fraction of sp³-hybridized carbons (Fsp3) is 0.375. The fourth-order valence-electron chi connectivity index (χ4n) is 3.68. The number of fused-ring (bicyclic) bond motifs is 1. The first-order valence-corrected chi connectivity index (χ1v) is 12.8. The molecule has 33 heavy (non-hydrogen) atoms. The van der Waals surface area contributed by atoms with E-state index in [1.165, 1.54) is 23.9 Å². The quantitative estimate of drug-likeness (QED) is 0.520. The van der Waals surface area contributed by atoms with Crippen molar-refractivity contribution in [1.82, 2.24) is 5.32 Å². The summed E-state index contributed by atoms with van der Waals surface area (Å²) >= 11 is 13.6. The first-order valence-electron chi connectivity index (χ1n) is 10.7. The van der Waals surface area contributed by atoms with E-state index >= 15 is 0 Å². The van der Waals surface area contributed by atoms with Crippen LogP contribution in [0, 0.1) is 0 Å². The highest BCUT2D eigenvalue weighted by Gasteiger charge is 2.31. The van der Waals surface area contributed by atoms with Gasteiger partial charge in [0.05, 0.1) is 10.6 Å². The van der Waals surface area contributed by atoms with Crippen molar-refractivity contribution in [2.45, 2.75) is 38.3 Å². The lowest BCUT2D eigenvalue weighted by Gasteiger charge is -2.31. The molecule has 1 heterocycles. The second-order valence-corrected chi connectivity index (χ2v) is 9.56. The normalized spacial score (nSPS) is 14.7. The number of hydrogen-bond acceptors (Lipinski definition) is 5. The van der Waals surface area contributed by atoms with Crippen LogP contribution in [0.2, 0.25) is 10.0 Å². The van der Waals surface area contributed by atoms with Gasteiger partial charge < -0.3 is 15.0 Å². The molecule has 6 nitrogen and oxygen atoms in total. The number of carbonyl (C=O) groups excluding carboxylic acids is 3. The van der Waals surface area contributed by atoms with Gasteiger partial charge in [0.25, 0.3) is 11.8 Å². The Morgan fingerprint density at radius 3 is 2.67 bits per heavy atom. The molecular formula is C24H26Cl2N2O4S. The summed E-state index contributed by atoms with van der Waals surface area (Å²) in [5, 5.41) is 3.28. The molecule has 0 fully saturated rings. The molecule has 2 atom stereocenters. The molecule has 1 aliphatic rings. The number of benzene rings is 2. The van der Waals surface area contributed by atoms with Crippen molar-refractivity contribution in [3.8, 4) is 0 Å². The van der Waals surface area contributed by atoms with Crippen LogP contribution in [-0.4, -0.2) is 48.5 Å². The molecule has 0 aromatic heterocycles. The maximum Gasteiger partial charge on any atom is 0.329 e. The molecule has 0 unspecified atom stereocenters. The van der Waals surface area contributed by atoms with Crippen molar-refractivity contribution >= 4 is 58.4 Å². The van der Waals surface area contributed by atoms with Crippen molar-refractivity contribution in [3.05, 3.63) is 63.6 Å². The number of nitrogens with one attached hydrogen (secondary N) is 1. The van der Waals surface area contributed by atoms with Gasteiger partial charge >= 0.3 is 5.97 Å². The van der Waals surface area contributed by atoms with E-state index in [2.05, 4.69) is 5.32 Å². The van der Waals surface area contributed by atoms with Crippen LogP contribution < -0.4 is 10.2 Å².